The van der Waals surface area contributed by atoms with Gasteiger partial charge in [-0.1, -0.05) is 18.5 Å². The van der Waals surface area contributed by atoms with Gasteiger partial charge in [-0.15, -0.1) is 0 Å². The van der Waals surface area contributed by atoms with Gasteiger partial charge in [0.05, 0.1) is 18.8 Å². The average molecular weight is 331 g/mol. The van der Waals surface area contributed by atoms with Gasteiger partial charge >= 0.3 is 0 Å². The summed E-state index contributed by atoms with van der Waals surface area (Å²) >= 11 is 0. The molecule has 126 valence electrons. The van der Waals surface area contributed by atoms with Crippen molar-refractivity contribution in [2.75, 3.05) is 26.8 Å². The molecule has 1 N–H and O–H groups in total. The number of rotatable bonds is 8. The third kappa shape index (κ3) is 4.77. The van der Waals surface area contributed by atoms with Crippen LogP contribution < -0.4 is 4.72 Å². The zero-order chi connectivity index (χ0) is 16.0. The highest BCUT2D eigenvalue weighted by Crippen LogP contribution is 2.19. The predicted molar refractivity (Wildman–Crippen MR) is 82.4 cm³/mol. The van der Waals surface area contributed by atoms with Gasteiger partial charge in [-0.05, 0) is 25.2 Å². The van der Waals surface area contributed by atoms with Crippen LogP contribution in [-0.4, -0.2) is 44.7 Å². The maximum Gasteiger partial charge on any atom is 0.279 e. The number of hydrogen-bond donors (Lipinski definition) is 1. The molecule has 22 heavy (non-hydrogen) atoms. The number of ether oxygens (including phenoxy) is 1. The lowest BCUT2D eigenvalue weighted by atomic mass is 10.0. The molecule has 8 heteroatoms. The molecule has 1 saturated heterocycles. The Morgan fingerprint density at radius 3 is 3.09 bits per heavy atom. The Labute approximate surface area is 132 Å². The Hall–Kier alpha value is -0.960. The number of nitrogens with one attached hydrogen (secondary N) is 1. The average Bonchev–Trinajstić information content (AvgIpc) is 2.94. The van der Waals surface area contributed by atoms with Gasteiger partial charge in [0.1, 0.15) is 0 Å². The Kier molecular flexibility index (Phi) is 6.37. The van der Waals surface area contributed by atoms with Gasteiger partial charge in [0.25, 0.3) is 10.2 Å². The van der Waals surface area contributed by atoms with Crippen LogP contribution in [0.3, 0.4) is 0 Å². The maximum absolute atomic E-state index is 12.4. The minimum atomic E-state index is -3.50. The molecular formula is C14H25N3O4S. The second kappa shape index (κ2) is 8.05. The molecule has 7 nitrogen and oxygen atoms in total. The number of piperidine rings is 1. The van der Waals surface area contributed by atoms with Crippen molar-refractivity contribution in [2.24, 2.45) is 5.92 Å². The minimum Gasteiger partial charge on any atom is -0.384 e. The second-order valence-corrected chi connectivity index (χ2v) is 7.44. The summed E-state index contributed by atoms with van der Waals surface area (Å²) in [6.45, 7) is 3.83. The Morgan fingerprint density at radius 2 is 2.36 bits per heavy atom. The van der Waals surface area contributed by atoms with Gasteiger partial charge in [-0.3, -0.25) is 0 Å². The van der Waals surface area contributed by atoms with Crippen molar-refractivity contribution in [3.05, 3.63) is 17.5 Å². The molecule has 0 aliphatic carbocycles. The van der Waals surface area contributed by atoms with E-state index in [0.29, 0.717) is 25.5 Å². The number of nitrogens with zero attached hydrogens (tertiary/aromatic N) is 2. The van der Waals surface area contributed by atoms with Gasteiger partial charge in [0.2, 0.25) is 0 Å². The molecule has 1 aliphatic heterocycles. The first-order valence-corrected chi connectivity index (χ1v) is 9.17. The first-order valence-electron chi connectivity index (χ1n) is 7.73. The third-order valence-corrected chi connectivity index (χ3v) is 5.29. The second-order valence-electron chi connectivity index (χ2n) is 5.68. The highest BCUT2D eigenvalue weighted by molar-refractivity contribution is 7.87. The minimum absolute atomic E-state index is 0.129. The van der Waals surface area contributed by atoms with E-state index in [1.54, 1.807) is 13.2 Å². The fourth-order valence-electron chi connectivity index (χ4n) is 2.68. The van der Waals surface area contributed by atoms with Gasteiger partial charge in [0.15, 0.2) is 5.76 Å². The molecule has 0 amide bonds. The van der Waals surface area contributed by atoms with E-state index >= 15 is 0 Å². The molecule has 1 aromatic heterocycles. The summed E-state index contributed by atoms with van der Waals surface area (Å²) in [6.07, 6.45) is 3.67. The number of hydrogen-bond acceptors (Lipinski definition) is 5. The normalized spacial score (nSPS) is 20.4. The van der Waals surface area contributed by atoms with Crippen LogP contribution in [0.2, 0.25) is 0 Å². The lowest BCUT2D eigenvalue weighted by Crippen LogP contribution is -2.46. The van der Waals surface area contributed by atoms with Crippen molar-refractivity contribution < 1.29 is 17.7 Å². The van der Waals surface area contributed by atoms with Gasteiger partial charge in [-0.2, -0.15) is 17.4 Å². The van der Waals surface area contributed by atoms with Gasteiger partial charge < -0.3 is 9.26 Å². The van der Waals surface area contributed by atoms with Crippen molar-refractivity contribution in [2.45, 2.75) is 39.2 Å². The molecular weight excluding hydrogens is 306 g/mol. The number of aromatic nitrogens is 1. The highest BCUT2D eigenvalue weighted by atomic mass is 32.2. The largest absolute Gasteiger partial charge is 0.384 e. The van der Waals surface area contributed by atoms with Crippen molar-refractivity contribution in [1.82, 2.24) is 14.2 Å². The van der Waals surface area contributed by atoms with E-state index in [1.807, 2.05) is 0 Å². The Morgan fingerprint density at radius 1 is 1.55 bits per heavy atom. The molecule has 0 spiro atoms. The summed E-state index contributed by atoms with van der Waals surface area (Å²) in [6, 6.07) is 1.80. The zero-order valence-corrected chi connectivity index (χ0v) is 14.1. The van der Waals surface area contributed by atoms with E-state index in [0.717, 1.165) is 31.4 Å². The van der Waals surface area contributed by atoms with Crippen LogP contribution in [0.4, 0.5) is 0 Å². The number of methoxy groups -OCH3 is 1. The lowest BCUT2D eigenvalue weighted by Gasteiger charge is -2.31. The van der Waals surface area contributed by atoms with E-state index in [4.69, 9.17) is 9.26 Å². The molecule has 0 saturated carbocycles. The first kappa shape index (κ1) is 17.4. The fourth-order valence-corrected chi connectivity index (χ4v) is 3.97. The smallest absolute Gasteiger partial charge is 0.279 e. The molecule has 0 aromatic carbocycles. The Bertz CT molecular complexity index is 556. The lowest BCUT2D eigenvalue weighted by molar-refractivity contribution is 0.118. The SMILES string of the molecule is CCCc1cc(CNS(=O)(=O)N2CCC[C@H](COC)C2)on1. The van der Waals surface area contributed by atoms with Crippen LogP contribution >= 0.6 is 0 Å². The number of aryl methyl sites for hydroxylation is 1. The summed E-state index contributed by atoms with van der Waals surface area (Å²) in [7, 11) is -1.85. The van der Waals surface area contributed by atoms with Crippen molar-refractivity contribution in [3.63, 3.8) is 0 Å². The van der Waals surface area contributed by atoms with Crippen molar-refractivity contribution in [1.29, 1.82) is 0 Å². The van der Waals surface area contributed by atoms with Crippen LogP contribution in [0.1, 0.15) is 37.6 Å². The van der Waals surface area contributed by atoms with E-state index in [9.17, 15) is 8.42 Å². The molecule has 0 radical (unpaired) electrons. The predicted octanol–water partition coefficient (Wildman–Crippen LogP) is 1.32. The summed E-state index contributed by atoms with van der Waals surface area (Å²) in [5.74, 6) is 0.800. The van der Waals surface area contributed by atoms with E-state index < -0.39 is 10.2 Å². The maximum atomic E-state index is 12.4. The summed E-state index contributed by atoms with van der Waals surface area (Å²) in [4.78, 5) is 0. The molecule has 1 fully saturated rings. The monoisotopic (exact) mass is 331 g/mol. The molecule has 2 heterocycles. The summed E-state index contributed by atoms with van der Waals surface area (Å²) in [5.41, 5.74) is 0.856. The van der Waals surface area contributed by atoms with Crippen LogP contribution in [0.25, 0.3) is 0 Å². The van der Waals surface area contributed by atoms with Crippen LogP contribution in [0.5, 0.6) is 0 Å². The molecule has 1 aromatic rings. The van der Waals surface area contributed by atoms with E-state index in [-0.39, 0.29) is 12.5 Å². The van der Waals surface area contributed by atoms with Crippen molar-refractivity contribution >= 4 is 10.2 Å². The molecule has 1 atom stereocenters. The van der Waals surface area contributed by atoms with E-state index in [2.05, 4.69) is 16.8 Å². The van der Waals surface area contributed by atoms with Crippen molar-refractivity contribution in [3.8, 4) is 0 Å². The van der Waals surface area contributed by atoms with Crippen LogP contribution in [-0.2, 0) is 27.9 Å². The molecule has 0 bridgehead atoms. The summed E-state index contributed by atoms with van der Waals surface area (Å²) in [5, 5.41) is 3.92. The van der Waals surface area contributed by atoms with Gasteiger partial charge in [0, 0.05) is 26.3 Å². The highest BCUT2D eigenvalue weighted by Gasteiger charge is 2.28. The third-order valence-electron chi connectivity index (χ3n) is 3.77. The fraction of sp³-hybridized carbons (Fsp3) is 0.786. The zero-order valence-electron chi connectivity index (χ0n) is 13.2. The molecule has 0 unspecified atom stereocenters. The van der Waals surface area contributed by atoms with Crippen LogP contribution in [0.15, 0.2) is 10.6 Å². The van der Waals surface area contributed by atoms with E-state index in [1.165, 1.54) is 4.31 Å². The quantitative estimate of drug-likeness (QED) is 0.776. The van der Waals surface area contributed by atoms with Crippen LogP contribution in [0, 0.1) is 5.92 Å². The topological polar surface area (TPSA) is 84.7 Å². The summed E-state index contributed by atoms with van der Waals surface area (Å²) < 4.78 is 39.1. The van der Waals surface area contributed by atoms with Gasteiger partial charge in [-0.25, -0.2) is 0 Å². The Balaban J connectivity index is 1.89. The molecule has 2 rings (SSSR count). The first-order chi connectivity index (χ1) is 10.5. The molecule has 1 aliphatic rings. The standard InChI is InChI=1S/C14H25N3O4S/c1-3-5-13-8-14(21-16-13)9-15-22(18,19)17-7-4-6-12(10-17)11-20-2/h8,12,15H,3-7,9-11H2,1-2H3/t12-/m0/s1.